The molecule has 1 fully saturated rings. The van der Waals surface area contributed by atoms with E-state index in [-0.39, 0.29) is 5.91 Å². The zero-order valence-corrected chi connectivity index (χ0v) is 14.7. The van der Waals surface area contributed by atoms with Gasteiger partial charge in [-0.3, -0.25) is 9.69 Å². The molecular weight excluding hydrogens is 340 g/mol. The smallest absolute Gasteiger partial charge is 0.246 e. The van der Waals surface area contributed by atoms with Crippen LogP contribution in [-0.4, -0.2) is 55.0 Å². The summed E-state index contributed by atoms with van der Waals surface area (Å²) in [4.78, 5) is 16.3. The highest BCUT2D eigenvalue weighted by Crippen LogP contribution is 2.22. The van der Waals surface area contributed by atoms with Crippen LogP contribution in [0.4, 0.5) is 0 Å². The maximum Gasteiger partial charge on any atom is 0.246 e. The van der Waals surface area contributed by atoms with E-state index in [0.717, 1.165) is 19.6 Å². The first kappa shape index (κ1) is 17.6. The number of rotatable bonds is 6. The third kappa shape index (κ3) is 5.11. The highest BCUT2D eigenvalue weighted by molar-refractivity contribution is 6.32. The fourth-order valence-corrected chi connectivity index (χ4v) is 2.87. The quantitative estimate of drug-likeness (QED) is 0.742. The Labute approximate surface area is 152 Å². The Morgan fingerprint density at radius 3 is 2.68 bits per heavy atom. The highest BCUT2D eigenvalue weighted by Gasteiger charge is 2.19. The molecule has 0 aliphatic carbocycles. The van der Waals surface area contributed by atoms with Gasteiger partial charge in [-0.1, -0.05) is 23.7 Å². The average Bonchev–Trinajstić information content (AvgIpc) is 3.15. The van der Waals surface area contributed by atoms with Crippen LogP contribution in [0.5, 0.6) is 5.75 Å². The normalized spacial score (nSPS) is 15.6. The number of para-hydroxylation sites is 1. The Bertz CT molecular complexity index is 707. The van der Waals surface area contributed by atoms with Gasteiger partial charge in [-0.2, -0.15) is 0 Å². The van der Waals surface area contributed by atoms with Crippen LogP contribution in [0.15, 0.2) is 53.2 Å². The third-order valence-corrected chi connectivity index (χ3v) is 4.43. The Morgan fingerprint density at radius 1 is 1.16 bits per heavy atom. The van der Waals surface area contributed by atoms with E-state index in [2.05, 4.69) is 4.90 Å². The molecule has 2 aromatic rings. The van der Waals surface area contributed by atoms with E-state index in [1.165, 1.54) is 0 Å². The van der Waals surface area contributed by atoms with Crippen molar-refractivity contribution >= 4 is 23.6 Å². The lowest BCUT2D eigenvalue weighted by molar-refractivity contribution is -0.127. The van der Waals surface area contributed by atoms with Crippen LogP contribution >= 0.6 is 11.6 Å². The molecule has 0 radical (unpaired) electrons. The lowest BCUT2D eigenvalue weighted by atomic mass is 10.3. The molecule has 1 saturated heterocycles. The molecule has 5 nitrogen and oxygen atoms in total. The summed E-state index contributed by atoms with van der Waals surface area (Å²) in [5.41, 5.74) is 0. The van der Waals surface area contributed by atoms with Crippen molar-refractivity contribution in [1.82, 2.24) is 9.80 Å². The van der Waals surface area contributed by atoms with E-state index in [4.69, 9.17) is 20.8 Å². The van der Waals surface area contributed by atoms with E-state index in [1.807, 2.05) is 35.2 Å². The third-order valence-electron chi connectivity index (χ3n) is 4.12. The fourth-order valence-electron chi connectivity index (χ4n) is 2.68. The van der Waals surface area contributed by atoms with Crippen LogP contribution in [-0.2, 0) is 4.79 Å². The van der Waals surface area contributed by atoms with Gasteiger partial charge in [0.25, 0.3) is 0 Å². The molecule has 1 aliphatic heterocycles. The van der Waals surface area contributed by atoms with Gasteiger partial charge in [0.15, 0.2) is 0 Å². The first-order valence-electron chi connectivity index (χ1n) is 8.32. The minimum atomic E-state index is 0.0170. The van der Waals surface area contributed by atoms with Crippen molar-refractivity contribution in [2.45, 2.75) is 0 Å². The number of nitrogens with zero attached hydrogens (tertiary/aromatic N) is 2. The Hall–Kier alpha value is -2.24. The van der Waals surface area contributed by atoms with Gasteiger partial charge in [-0.25, -0.2) is 0 Å². The Kier molecular flexibility index (Phi) is 6.14. The number of hydrogen-bond acceptors (Lipinski definition) is 4. The van der Waals surface area contributed by atoms with E-state index < -0.39 is 0 Å². The van der Waals surface area contributed by atoms with Crippen molar-refractivity contribution in [3.63, 3.8) is 0 Å². The molecule has 6 heteroatoms. The number of amides is 1. The molecule has 0 saturated carbocycles. The summed E-state index contributed by atoms with van der Waals surface area (Å²) in [6.07, 6.45) is 4.86. The van der Waals surface area contributed by atoms with Crippen molar-refractivity contribution in [3.05, 3.63) is 59.5 Å². The molecule has 25 heavy (non-hydrogen) atoms. The monoisotopic (exact) mass is 360 g/mol. The summed E-state index contributed by atoms with van der Waals surface area (Å²) in [5.74, 6) is 1.41. The maximum absolute atomic E-state index is 12.2. The maximum atomic E-state index is 12.2. The number of benzene rings is 1. The van der Waals surface area contributed by atoms with Crippen molar-refractivity contribution in [2.75, 3.05) is 39.3 Å². The molecule has 1 amide bonds. The average molecular weight is 361 g/mol. The van der Waals surface area contributed by atoms with Crippen LogP contribution in [0.3, 0.4) is 0 Å². The lowest BCUT2D eigenvalue weighted by Crippen LogP contribution is -2.49. The molecule has 0 atom stereocenters. The van der Waals surface area contributed by atoms with Gasteiger partial charge in [-0.05, 0) is 30.3 Å². The first-order valence-corrected chi connectivity index (χ1v) is 8.70. The second-order valence-electron chi connectivity index (χ2n) is 5.79. The number of ether oxygens (including phenoxy) is 1. The predicted molar refractivity (Wildman–Crippen MR) is 97.7 cm³/mol. The predicted octanol–water partition coefficient (Wildman–Crippen LogP) is 3.17. The zero-order valence-electron chi connectivity index (χ0n) is 13.9. The van der Waals surface area contributed by atoms with Crippen LogP contribution in [0.25, 0.3) is 6.08 Å². The van der Waals surface area contributed by atoms with Gasteiger partial charge in [0.1, 0.15) is 18.1 Å². The van der Waals surface area contributed by atoms with Gasteiger partial charge >= 0.3 is 0 Å². The summed E-state index contributed by atoms with van der Waals surface area (Å²) in [6.45, 7) is 4.50. The molecule has 1 aromatic heterocycles. The highest BCUT2D eigenvalue weighted by atomic mass is 35.5. The van der Waals surface area contributed by atoms with Crippen LogP contribution < -0.4 is 4.74 Å². The van der Waals surface area contributed by atoms with E-state index in [1.54, 1.807) is 24.5 Å². The number of hydrogen-bond donors (Lipinski definition) is 0. The zero-order chi connectivity index (χ0) is 17.5. The molecule has 0 bridgehead atoms. The van der Waals surface area contributed by atoms with Crippen LogP contribution in [0.1, 0.15) is 5.76 Å². The Morgan fingerprint density at radius 2 is 1.96 bits per heavy atom. The molecule has 0 unspecified atom stereocenters. The van der Waals surface area contributed by atoms with Gasteiger partial charge in [0.05, 0.1) is 11.3 Å². The molecule has 132 valence electrons. The minimum Gasteiger partial charge on any atom is -0.491 e. The second-order valence-corrected chi connectivity index (χ2v) is 6.20. The number of piperazine rings is 1. The summed E-state index contributed by atoms with van der Waals surface area (Å²) in [6, 6.07) is 11.1. The van der Waals surface area contributed by atoms with Crippen LogP contribution in [0, 0.1) is 0 Å². The topological polar surface area (TPSA) is 45.9 Å². The van der Waals surface area contributed by atoms with Gasteiger partial charge < -0.3 is 14.1 Å². The lowest BCUT2D eigenvalue weighted by Gasteiger charge is -2.34. The van der Waals surface area contributed by atoms with Crippen molar-refractivity contribution in [2.24, 2.45) is 0 Å². The first-order chi connectivity index (χ1) is 12.2. The number of furan rings is 1. The van der Waals surface area contributed by atoms with E-state index in [0.29, 0.717) is 36.2 Å². The molecule has 3 rings (SSSR count). The van der Waals surface area contributed by atoms with Crippen LogP contribution in [0.2, 0.25) is 5.02 Å². The molecule has 2 heterocycles. The molecule has 0 N–H and O–H groups in total. The molecule has 1 aromatic carbocycles. The largest absolute Gasteiger partial charge is 0.491 e. The van der Waals surface area contributed by atoms with Gasteiger partial charge in [-0.15, -0.1) is 0 Å². The number of carbonyl (C=O) groups excluding carboxylic acids is 1. The summed E-state index contributed by atoms with van der Waals surface area (Å²) in [7, 11) is 0. The number of halogens is 1. The van der Waals surface area contributed by atoms with Gasteiger partial charge in [0.2, 0.25) is 5.91 Å². The minimum absolute atomic E-state index is 0.0170. The second kappa shape index (κ2) is 8.74. The summed E-state index contributed by atoms with van der Waals surface area (Å²) in [5, 5.41) is 0.626. The van der Waals surface area contributed by atoms with Crippen molar-refractivity contribution in [3.8, 4) is 5.75 Å². The molecular formula is C19H21ClN2O3. The standard InChI is InChI=1S/C19H21ClN2O3/c20-17-5-1-2-6-18(17)25-15-13-21-9-11-22(12-10-21)19(23)8-7-16-4-3-14-24-16/h1-8,14H,9-13,15H2/b8-7+. The Balaban J connectivity index is 1.38. The van der Waals surface area contributed by atoms with Crippen molar-refractivity contribution < 1.29 is 13.9 Å². The van der Waals surface area contributed by atoms with E-state index in [9.17, 15) is 4.79 Å². The molecule has 0 spiro atoms. The SMILES string of the molecule is O=C(/C=C/c1ccco1)N1CCN(CCOc2ccccc2Cl)CC1. The number of carbonyl (C=O) groups is 1. The summed E-state index contributed by atoms with van der Waals surface area (Å²) >= 11 is 6.07. The molecule has 1 aliphatic rings. The fraction of sp³-hybridized carbons (Fsp3) is 0.316. The van der Waals surface area contributed by atoms with Crippen molar-refractivity contribution in [1.29, 1.82) is 0 Å². The van der Waals surface area contributed by atoms with E-state index >= 15 is 0 Å². The summed E-state index contributed by atoms with van der Waals surface area (Å²) < 4.78 is 10.9. The van der Waals surface area contributed by atoms with Gasteiger partial charge in [0, 0.05) is 38.8 Å².